The van der Waals surface area contributed by atoms with Crippen molar-refractivity contribution in [3.05, 3.63) is 35.7 Å². The SMILES string of the molecule is CC.CCC1(C)C(CCCc2ccn(-c3ccc4c(n3)NC(C)(C)CC3CN(SC5CCCC(=NCC[N+]3(C)C)N5)C4=O)n2)C12CC2. The molecule has 5 aliphatic rings. The van der Waals surface area contributed by atoms with Crippen molar-refractivity contribution in [2.24, 2.45) is 21.7 Å². The Bertz CT molecular complexity index is 1480. The molecule has 7 rings (SSSR count). The van der Waals surface area contributed by atoms with Gasteiger partial charge in [-0.05, 0) is 112 Å². The van der Waals surface area contributed by atoms with Crippen molar-refractivity contribution in [2.75, 3.05) is 39.0 Å². The Morgan fingerprint density at radius 1 is 1.13 bits per heavy atom. The molecule has 1 amide bonds. The van der Waals surface area contributed by atoms with Gasteiger partial charge in [0, 0.05) is 24.6 Å². The van der Waals surface area contributed by atoms with Gasteiger partial charge in [-0.15, -0.1) is 0 Å². The van der Waals surface area contributed by atoms with Crippen LogP contribution in [0.3, 0.4) is 0 Å². The highest BCUT2D eigenvalue weighted by atomic mass is 32.2. The standard InChI is InChI=1S/C35H52N8OS.C2H6/c1-7-34(4)27(35(34)17-18-35)11-8-10-24-16-20-41(40-24)29-15-14-26-31(38-29)39-33(2,3)22-25-23-42(32(26)44)45-30-13-9-12-28(37-30)36-19-21-43(25,5)6;1-2/h14-16,20,25,27,30H,7-13,17-19,21-23H2,1-6H3,(H-,36,37,38,39,44);1-2H3/p+1. The van der Waals surface area contributed by atoms with Gasteiger partial charge in [0.25, 0.3) is 5.91 Å². The lowest BCUT2D eigenvalue weighted by Crippen LogP contribution is -2.57. The quantitative estimate of drug-likeness (QED) is 0.254. The van der Waals surface area contributed by atoms with Crippen LogP contribution in [0.5, 0.6) is 0 Å². The lowest BCUT2D eigenvalue weighted by Gasteiger charge is -2.42. The maximum absolute atomic E-state index is 14.4. The van der Waals surface area contributed by atoms with E-state index in [1.807, 2.05) is 41.2 Å². The molecule has 258 valence electrons. The summed E-state index contributed by atoms with van der Waals surface area (Å²) in [6.45, 7) is 15.8. The fourth-order valence-electron chi connectivity index (χ4n) is 8.91. The summed E-state index contributed by atoms with van der Waals surface area (Å²) in [5.74, 6) is 3.39. The van der Waals surface area contributed by atoms with Crippen molar-refractivity contribution >= 4 is 29.5 Å². The number of fused-ring (bicyclic) bond motifs is 5. The number of quaternary nitrogens is 1. The number of pyridine rings is 1. The Morgan fingerprint density at radius 3 is 2.64 bits per heavy atom. The average Bonchev–Trinajstić information content (AvgIpc) is 3.85. The Morgan fingerprint density at radius 2 is 1.91 bits per heavy atom. The number of hydrogen-bond donors (Lipinski definition) is 2. The number of carbonyl (C=O) groups excluding carboxylic acids is 1. The molecule has 47 heavy (non-hydrogen) atoms. The van der Waals surface area contributed by atoms with E-state index in [0.717, 1.165) is 72.9 Å². The molecule has 3 aliphatic heterocycles. The van der Waals surface area contributed by atoms with Crippen LogP contribution in [0, 0.1) is 16.7 Å². The first kappa shape index (κ1) is 34.3. The molecule has 9 nitrogen and oxygen atoms in total. The third kappa shape index (κ3) is 6.70. The molecule has 4 unspecified atom stereocenters. The van der Waals surface area contributed by atoms with Crippen LogP contribution in [0.1, 0.15) is 115 Å². The lowest BCUT2D eigenvalue weighted by molar-refractivity contribution is -0.913. The van der Waals surface area contributed by atoms with Gasteiger partial charge in [-0.2, -0.15) is 5.10 Å². The molecule has 3 fully saturated rings. The number of aromatic nitrogens is 3. The molecule has 1 spiro atoms. The van der Waals surface area contributed by atoms with E-state index in [1.54, 1.807) is 11.9 Å². The largest absolute Gasteiger partial charge is 0.364 e. The van der Waals surface area contributed by atoms with Crippen molar-refractivity contribution in [2.45, 2.75) is 123 Å². The van der Waals surface area contributed by atoms with Gasteiger partial charge in [0.2, 0.25) is 0 Å². The molecule has 2 N–H and O–H groups in total. The Labute approximate surface area is 287 Å². The van der Waals surface area contributed by atoms with Crippen LogP contribution >= 0.6 is 11.9 Å². The van der Waals surface area contributed by atoms with Crippen molar-refractivity contribution in [3.8, 4) is 5.82 Å². The minimum atomic E-state index is -0.272. The molecule has 10 heteroatoms. The molecule has 0 radical (unpaired) electrons. The van der Waals surface area contributed by atoms with Crippen LogP contribution in [0.15, 0.2) is 29.4 Å². The molecule has 1 saturated heterocycles. The normalized spacial score (nSPS) is 30.0. The summed E-state index contributed by atoms with van der Waals surface area (Å²) in [7, 11) is 4.58. The topological polar surface area (TPSA) is 87.4 Å². The minimum absolute atomic E-state index is 0.0168. The second-order valence-electron chi connectivity index (χ2n) is 15.9. The Kier molecular flexibility index (Phi) is 9.50. The predicted octanol–water partition coefficient (Wildman–Crippen LogP) is 7.08. The monoisotopic (exact) mass is 663 g/mol. The fourth-order valence-corrected chi connectivity index (χ4v) is 10.1. The summed E-state index contributed by atoms with van der Waals surface area (Å²) in [5, 5.41) is 12.4. The molecule has 5 heterocycles. The van der Waals surface area contributed by atoms with Crippen LogP contribution in [-0.2, 0) is 6.42 Å². The van der Waals surface area contributed by atoms with Crippen molar-refractivity contribution in [1.82, 2.24) is 24.4 Å². The van der Waals surface area contributed by atoms with Gasteiger partial charge < -0.3 is 15.1 Å². The summed E-state index contributed by atoms with van der Waals surface area (Å²) in [6, 6.07) is 6.27. The number of anilines is 1. The van der Waals surface area contributed by atoms with E-state index in [4.69, 9.17) is 15.1 Å². The molecule has 4 atom stereocenters. The zero-order chi connectivity index (χ0) is 33.6. The molecule has 2 aromatic rings. The summed E-state index contributed by atoms with van der Waals surface area (Å²) in [6.07, 6.45) is 13.7. The van der Waals surface area contributed by atoms with Gasteiger partial charge in [0.05, 0.1) is 56.2 Å². The number of amidine groups is 1. The fraction of sp³-hybridized carbons (Fsp3) is 0.730. The second-order valence-corrected chi connectivity index (χ2v) is 17.1. The van der Waals surface area contributed by atoms with E-state index >= 15 is 0 Å². The highest BCUT2D eigenvalue weighted by molar-refractivity contribution is 7.98. The van der Waals surface area contributed by atoms with Gasteiger partial charge in [0.1, 0.15) is 11.9 Å². The number of carbonyl (C=O) groups is 1. The molecule has 4 bridgehead atoms. The van der Waals surface area contributed by atoms with Crippen molar-refractivity contribution in [3.63, 3.8) is 0 Å². The number of likely N-dealkylation sites (N-methyl/N-ethyl adjacent to an activating group) is 1. The molecular formula is C37H59N8OS+. The van der Waals surface area contributed by atoms with E-state index in [1.165, 1.54) is 32.1 Å². The van der Waals surface area contributed by atoms with E-state index in [-0.39, 0.29) is 22.9 Å². The van der Waals surface area contributed by atoms with Gasteiger partial charge in [-0.25, -0.2) is 9.67 Å². The van der Waals surface area contributed by atoms with Crippen LogP contribution in [0.2, 0.25) is 0 Å². The smallest absolute Gasteiger partial charge is 0.267 e. The first-order valence-corrected chi connectivity index (χ1v) is 19.2. The highest BCUT2D eigenvalue weighted by Gasteiger charge is 2.77. The molecular weight excluding hydrogens is 605 g/mol. The Balaban J connectivity index is 0.00000190. The maximum Gasteiger partial charge on any atom is 0.267 e. The van der Waals surface area contributed by atoms with E-state index in [9.17, 15) is 4.79 Å². The molecule has 2 saturated carbocycles. The zero-order valence-electron chi connectivity index (χ0n) is 30.2. The number of amides is 1. The first-order chi connectivity index (χ1) is 22.4. The number of hydrogen-bond acceptors (Lipinski definition) is 7. The van der Waals surface area contributed by atoms with Gasteiger partial charge in [-0.1, -0.05) is 27.7 Å². The van der Waals surface area contributed by atoms with E-state index < -0.39 is 0 Å². The van der Waals surface area contributed by atoms with Crippen LogP contribution in [0.25, 0.3) is 5.82 Å². The van der Waals surface area contributed by atoms with Gasteiger partial charge in [0.15, 0.2) is 5.82 Å². The van der Waals surface area contributed by atoms with Crippen molar-refractivity contribution < 1.29 is 9.28 Å². The summed E-state index contributed by atoms with van der Waals surface area (Å²) < 4.78 is 4.70. The zero-order valence-corrected chi connectivity index (χ0v) is 31.1. The lowest BCUT2D eigenvalue weighted by atomic mass is 9.93. The number of aryl methyl sites for hydroxylation is 1. The summed E-state index contributed by atoms with van der Waals surface area (Å²) in [4.78, 5) is 24.4. The summed E-state index contributed by atoms with van der Waals surface area (Å²) in [5.41, 5.74) is 2.73. The van der Waals surface area contributed by atoms with E-state index in [0.29, 0.717) is 28.8 Å². The average molecular weight is 664 g/mol. The van der Waals surface area contributed by atoms with Crippen LogP contribution < -0.4 is 10.6 Å². The first-order valence-electron chi connectivity index (χ1n) is 18.4. The summed E-state index contributed by atoms with van der Waals surface area (Å²) >= 11 is 1.64. The highest BCUT2D eigenvalue weighted by Crippen LogP contribution is 2.84. The third-order valence-corrected chi connectivity index (χ3v) is 13.3. The van der Waals surface area contributed by atoms with Gasteiger partial charge in [-0.3, -0.25) is 14.1 Å². The maximum atomic E-state index is 14.4. The van der Waals surface area contributed by atoms with Gasteiger partial charge >= 0.3 is 0 Å². The van der Waals surface area contributed by atoms with Crippen LogP contribution in [-0.4, -0.2) is 86.0 Å². The molecule has 2 aromatic heterocycles. The minimum Gasteiger partial charge on any atom is -0.364 e. The molecule has 0 aromatic carbocycles. The second kappa shape index (κ2) is 13.0. The number of piperidine rings is 1. The number of rotatable bonds is 6. The third-order valence-electron chi connectivity index (χ3n) is 12.2. The number of aliphatic imine (C=N–C) groups is 1. The Hall–Kier alpha value is -2.59. The predicted molar refractivity (Wildman–Crippen MR) is 194 cm³/mol. The van der Waals surface area contributed by atoms with E-state index in [2.05, 4.69) is 58.5 Å². The number of nitrogens with zero attached hydrogens (tertiary/aromatic N) is 6. The van der Waals surface area contributed by atoms with Crippen LogP contribution in [0.4, 0.5) is 5.82 Å². The molecule has 2 aliphatic carbocycles. The van der Waals surface area contributed by atoms with Crippen molar-refractivity contribution in [1.29, 1.82) is 0 Å². The number of nitrogens with one attached hydrogen (secondary N) is 2.